The number of carbonyl (C=O) groups is 1. The van der Waals surface area contributed by atoms with E-state index < -0.39 is 0 Å². The van der Waals surface area contributed by atoms with Crippen LogP contribution in [0.4, 0.5) is 0 Å². The van der Waals surface area contributed by atoms with Gasteiger partial charge in [-0.15, -0.1) is 0 Å². The van der Waals surface area contributed by atoms with Crippen molar-refractivity contribution in [1.82, 2.24) is 4.90 Å². The van der Waals surface area contributed by atoms with E-state index in [0.717, 1.165) is 24.2 Å². The zero-order valence-electron chi connectivity index (χ0n) is 14.2. The average Bonchev–Trinajstić information content (AvgIpc) is 2.92. The third-order valence-corrected chi connectivity index (χ3v) is 6.99. The van der Waals surface area contributed by atoms with Crippen LogP contribution in [0.5, 0.6) is 0 Å². The van der Waals surface area contributed by atoms with Crippen molar-refractivity contribution in [3.8, 4) is 6.07 Å². The van der Waals surface area contributed by atoms with Crippen molar-refractivity contribution in [3.05, 3.63) is 0 Å². The van der Waals surface area contributed by atoms with Crippen molar-refractivity contribution in [2.75, 3.05) is 13.2 Å². The number of hydrogen-bond acceptors (Lipinski definition) is 3. The summed E-state index contributed by atoms with van der Waals surface area (Å²) in [7, 11) is 0. The van der Waals surface area contributed by atoms with Crippen molar-refractivity contribution < 1.29 is 9.53 Å². The van der Waals surface area contributed by atoms with Crippen molar-refractivity contribution >= 4 is 5.91 Å². The van der Waals surface area contributed by atoms with E-state index >= 15 is 0 Å². The van der Waals surface area contributed by atoms with Crippen LogP contribution in [-0.2, 0) is 9.53 Å². The van der Waals surface area contributed by atoms with Gasteiger partial charge in [-0.05, 0) is 69.6 Å². The van der Waals surface area contributed by atoms with E-state index in [4.69, 9.17) is 10.00 Å². The van der Waals surface area contributed by atoms with Gasteiger partial charge in [0, 0.05) is 18.7 Å². The lowest BCUT2D eigenvalue weighted by molar-refractivity contribution is -0.156. The molecule has 0 N–H and O–H groups in total. The SMILES string of the molecule is C[C@@H]1OCC[C@@H]1C(=O)N(CCC#N)C12CC3CC(CC(C3)C1)C2. The fourth-order valence-electron chi connectivity index (χ4n) is 6.39. The van der Waals surface area contributed by atoms with Gasteiger partial charge in [0.1, 0.15) is 0 Å². The monoisotopic (exact) mass is 316 g/mol. The van der Waals surface area contributed by atoms with Crippen molar-refractivity contribution in [2.24, 2.45) is 23.7 Å². The van der Waals surface area contributed by atoms with E-state index in [1.165, 1.54) is 38.5 Å². The summed E-state index contributed by atoms with van der Waals surface area (Å²) in [4.78, 5) is 15.5. The van der Waals surface area contributed by atoms with Crippen LogP contribution in [0.2, 0.25) is 0 Å². The highest BCUT2D eigenvalue weighted by Crippen LogP contribution is 2.58. The van der Waals surface area contributed by atoms with Gasteiger partial charge in [-0.2, -0.15) is 5.26 Å². The summed E-state index contributed by atoms with van der Waals surface area (Å²) in [6.45, 7) is 3.34. The maximum atomic E-state index is 13.3. The summed E-state index contributed by atoms with van der Waals surface area (Å²) in [6.07, 6.45) is 8.99. The van der Waals surface area contributed by atoms with E-state index in [2.05, 4.69) is 11.0 Å². The fourth-order valence-corrected chi connectivity index (χ4v) is 6.39. The first-order chi connectivity index (χ1) is 11.1. The Kier molecular flexibility index (Phi) is 3.88. The highest BCUT2D eigenvalue weighted by molar-refractivity contribution is 5.80. The number of carbonyl (C=O) groups excluding carboxylic acids is 1. The molecule has 1 saturated heterocycles. The Labute approximate surface area is 139 Å². The van der Waals surface area contributed by atoms with Gasteiger partial charge in [0.15, 0.2) is 0 Å². The molecule has 4 bridgehead atoms. The molecule has 0 aromatic rings. The number of nitriles is 1. The molecule has 0 radical (unpaired) electrons. The Morgan fingerprint density at radius 3 is 2.30 bits per heavy atom. The maximum absolute atomic E-state index is 13.3. The summed E-state index contributed by atoms with van der Waals surface area (Å²) in [6, 6.07) is 2.26. The average molecular weight is 316 g/mol. The van der Waals surface area contributed by atoms with Gasteiger partial charge in [-0.25, -0.2) is 0 Å². The van der Waals surface area contributed by atoms with Crippen LogP contribution in [0, 0.1) is 35.0 Å². The largest absolute Gasteiger partial charge is 0.378 e. The second-order valence-corrected chi connectivity index (χ2v) is 8.51. The molecular formula is C19H28N2O2. The maximum Gasteiger partial charge on any atom is 0.228 e. The number of hydrogen-bond donors (Lipinski definition) is 0. The molecule has 4 heteroatoms. The zero-order valence-corrected chi connectivity index (χ0v) is 14.2. The van der Waals surface area contributed by atoms with Gasteiger partial charge in [-0.3, -0.25) is 4.79 Å². The number of amides is 1. The van der Waals surface area contributed by atoms with Crippen LogP contribution in [0.25, 0.3) is 0 Å². The van der Waals surface area contributed by atoms with Crippen LogP contribution >= 0.6 is 0 Å². The molecule has 1 amide bonds. The third kappa shape index (κ3) is 2.58. The minimum Gasteiger partial charge on any atom is -0.378 e. The second-order valence-electron chi connectivity index (χ2n) is 8.51. The summed E-state index contributed by atoms with van der Waals surface area (Å²) in [5.74, 6) is 2.72. The van der Waals surface area contributed by atoms with E-state index in [-0.39, 0.29) is 23.5 Å². The summed E-state index contributed by atoms with van der Waals surface area (Å²) >= 11 is 0. The molecule has 5 fully saturated rings. The minimum absolute atomic E-state index is 0.00157. The lowest BCUT2D eigenvalue weighted by Gasteiger charge is -2.60. The molecule has 1 aliphatic heterocycles. The van der Waals surface area contributed by atoms with E-state index in [9.17, 15) is 4.79 Å². The van der Waals surface area contributed by atoms with Crippen molar-refractivity contribution in [2.45, 2.75) is 69.9 Å². The summed E-state index contributed by atoms with van der Waals surface area (Å²) in [5.41, 5.74) is 0.0605. The standard InChI is InChI=1S/C19H28N2O2/c1-13-17(3-6-23-13)18(22)21(5-2-4-20)19-10-14-7-15(11-19)9-16(8-14)12-19/h13-17H,2-3,5-12H2,1H3/t13-,14?,15?,16?,17-,19?/m0/s1. The fraction of sp³-hybridized carbons (Fsp3) is 0.895. The lowest BCUT2D eigenvalue weighted by Crippen LogP contribution is -2.62. The van der Waals surface area contributed by atoms with Gasteiger partial charge in [0.05, 0.1) is 24.5 Å². The Morgan fingerprint density at radius 2 is 1.83 bits per heavy atom. The van der Waals surface area contributed by atoms with E-state index in [1.54, 1.807) is 0 Å². The molecule has 0 aromatic carbocycles. The third-order valence-electron chi connectivity index (χ3n) is 6.99. The molecule has 1 heterocycles. The van der Waals surface area contributed by atoms with Crippen molar-refractivity contribution in [3.63, 3.8) is 0 Å². The molecule has 0 spiro atoms. The predicted molar refractivity (Wildman–Crippen MR) is 86.4 cm³/mol. The number of nitrogens with zero attached hydrogens (tertiary/aromatic N) is 2. The Balaban J connectivity index is 1.60. The molecule has 0 aromatic heterocycles. The quantitative estimate of drug-likeness (QED) is 0.800. The van der Waals surface area contributed by atoms with Gasteiger partial charge >= 0.3 is 0 Å². The number of ether oxygens (including phenoxy) is 1. The van der Waals surface area contributed by atoms with E-state index in [0.29, 0.717) is 19.6 Å². The highest BCUT2D eigenvalue weighted by Gasteiger charge is 2.55. The molecule has 2 atom stereocenters. The second kappa shape index (κ2) is 5.77. The highest BCUT2D eigenvalue weighted by atomic mass is 16.5. The van der Waals surface area contributed by atoms with Gasteiger partial charge < -0.3 is 9.64 Å². The molecule has 23 heavy (non-hydrogen) atoms. The topological polar surface area (TPSA) is 53.3 Å². The molecule has 4 nitrogen and oxygen atoms in total. The summed E-state index contributed by atoms with van der Waals surface area (Å²) in [5, 5.41) is 9.08. The first-order valence-corrected chi connectivity index (χ1v) is 9.41. The molecule has 4 saturated carbocycles. The predicted octanol–water partition coefficient (Wildman–Crippen LogP) is 3.12. The first kappa shape index (κ1) is 15.4. The molecule has 5 rings (SSSR count). The lowest BCUT2D eigenvalue weighted by atomic mass is 9.52. The Morgan fingerprint density at radius 1 is 1.22 bits per heavy atom. The smallest absolute Gasteiger partial charge is 0.228 e. The van der Waals surface area contributed by atoms with Gasteiger partial charge in [0.2, 0.25) is 5.91 Å². The van der Waals surface area contributed by atoms with Crippen LogP contribution in [0.15, 0.2) is 0 Å². The normalized spacial score (nSPS) is 44.3. The number of rotatable bonds is 4. The van der Waals surface area contributed by atoms with Crippen LogP contribution in [0.3, 0.4) is 0 Å². The van der Waals surface area contributed by atoms with Gasteiger partial charge in [-0.1, -0.05) is 0 Å². The van der Waals surface area contributed by atoms with Crippen LogP contribution in [0.1, 0.15) is 58.3 Å². The first-order valence-electron chi connectivity index (χ1n) is 9.41. The Bertz CT molecular complexity index is 489. The molecule has 4 aliphatic carbocycles. The van der Waals surface area contributed by atoms with Gasteiger partial charge in [0.25, 0.3) is 0 Å². The molecule has 0 unspecified atom stereocenters. The minimum atomic E-state index is 0.00157. The zero-order chi connectivity index (χ0) is 16.0. The van der Waals surface area contributed by atoms with E-state index in [1.807, 2.05) is 6.92 Å². The Hall–Kier alpha value is -1.08. The molecule has 5 aliphatic rings. The van der Waals surface area contributed by atoms with Crippen LogP contribution < -0.4 is 0 Å². The van der Waals surface area contributed by atoms with Crippen LogP contribution in [-0.4, -0.2) is 35.6 Å². The van der Waals surface area contributed by atoms with Crippen molar-refractivity contribution in [1.29, 1.82) is 5.26 Å². The summed E-state index contributed by atoms with van der Waals surface area (Å²) < 4.78 is 5.65. The molecular weight excluding hydrogens is 288 g/mol. The molecule has 126 valence electrons.